The van der Waals surface area contributed by atoms with Crippen LogP contribution < -0.4 is 5.32 Å². The second kappa shape index (κ2) is 6.69. The van der Waals surface area contributed by atoms with Crippen LogP contribution in [-0.2, 0) is 6.54 Å². The molecule has 0 bridgehead atoms. The van der Waals surface area contributed by atoms with Crippen LogP contribution >= 0.6 is 0 Å². The van der Waals surface area contributed by atoms with Crippen molar-refractivity contribution in [1.29, 1.82) is 0 Å². The molecule has 0 saturated heterocycles. The van der Waals surface area contributed by atoms with Crippen LogP contribution in [0, 0.1) is 5.92 Å². The van der Waals surface area contributed by atoms with E-state index in [1.165, 1.54) is 18.5 Å². The van der Waals surface area contributed by atoms with Crippen LogP contribution in [0.2, 0.25) is 0 Å². The molecule has 0 fully saturated rings. The Kier molecular flexibility index (Phi) is 5.53. The van der Waals surface area contributed by atoms with E-state index in [0.717, 1.165) is 19.0 Å². The van der Waals surface area contributed by atoms with Gasteiger partial charge in [0.25, 0.3) is 0 Å². The van der Waals surface area contributed by atoms with E-state index in [-0.39, 0.29) is 0 Å². The first-order valence-corrected chi connectivity index (χ1v) is 6.32. The van der Waals surface area contributed by atoms with Gasteiger partial charge in [0.2, 0.25) is 0 Å². The lowest BCUT2D eigenvalue weighted by atomic mass is 10.1. The highest BCUT2D eigenvalue weighted by Gasteiger charge is 2.04. The number of hydrogen-bond acceptors (Lipinski definition) is 2. The Labute approximate surface area is 99.3 Å². The van der Waals surface area contributed by atoms with E-state index in [0.29, 0.717) is 6.04 Å². The van der Waals surface area contributed by atoms with Crippen molar-refractivity contribution in [3.63, 3.8) is 0 Å². The second-order valence-electron chi connectivity index (χ2n) is 5.10. The van der Waals surface area contributed by atoms with Crippen molar-refractivity contribution in [3.8, 4) is 0 Å². The topological polar surface area (TPSA) is 29.9 Å². The minimum absolute atomic E-state index is 0.495. The van der Waals surface area contributed by atoms with Crippen molar-refractivity contribution in [3.05, 3.63) is 18.2 Å². The fourth-order valence-corrected chi connectivity index (χ4v) is 1.79. The zero-order valence-electron chi connectivity index (χ0n) is 11.0. The maximum absolute atomic E-state index is 4.19. The zero-order chi connectivity index (χ0) is 12.0. The molecule has 16 heavy (non-hydrogen) atoms. The predicted octanol–water partition coefficient (Wildman–Crippen LogP) is 2.99. The van der Waals surface area contributed by atoms with Gasteiger partial charge in [-0.1, -0.05) is 13.8 Å². The van der Waals surface area contributed by atoms with Crippen LogP contribution in [0.4, 0.5) is 0 Å². The molecule has 1 rings (SSSR count). The van der Waals surface area contributed by atoms with E-state index in [4.69, 9.17) is 0 Å². The smallest absolute Gasteiger partial charge is 0.0951 e. The number of imidazole rings is 1. The molecule has 0 unspecified atom stereocenters. The lowest BCUT2D eigenvalue weighted by Crippen LogP contribution is -2.18. The summed E-state index contributed by atoms with van der Waals surface area (Å²) in [6.07, 6.45) is 6.43. The van der Waals surface area contributed by atoms with E-state index < -0.39 is 0 Å². The Morgan fingerprint density at radius 3 is 2.69 bits per heavy atom. The van der Waals surface area contributed by atoms with Crippen LogP contribution in [0.15, 0.2) is 12.5 Å². The molecular formula is C13H25N3. The first-order valence-electron chi connectivity index (χ1n) is 6.32. The van der Waals surface area contributed by atoms with Crippen molar-refractivity contribution in [2.45, 2.75) is 53.1 Å². The van der Waals surface area contributed by atoms with Gasteiger partial charge in [0.05, 0.1) is 12.0 Å². The molecule has 0 saturated carbocycles. The standard InChI is InChI=1S/C13H25N3/c1-11(2)6-5-7-14-8-13-9-15-10-16(13)12(3)4/h9-12,14H,5-8H2,1-4H3. The zero-order valence-corrected chi connectivity index (χ0v) is 11.0. The third-order valence-corrected chi connectivity index (χ3v) is 2.74. The Morgan fingerprint density at radius 1 is 1.31 bits per heavy atom. The molecule has 3 heteroatoms. The van der Waals surface area contributed by atoms with Gasteiger partial charge in [0, 0.05) is 18.8 Å². The summed E-state index contributed by atoms with van der Waals surface area (Å²) in [6.45, 7) is 10.9. The van der Waals surface area contributed by atoms with E-state index >= 15 is 0 Å². The van der Waals surface area contributed by atoms with Crippen molar-refractivity contribution in [2.75, 3.05) is 6.54 Å². The van der Waals surface area contributed by atoms with Gasteiger partial charge in [-0.2, -0.15) is 0 Å². The number of nitrogens with zero attached hydrogens (tertiary/aromatic N) is 2. The van der Waals surface area contributed by atoms with Crippen molar-refractivity contribution >= 4 is 0 Å². The Bertz CT molecular complexity index is 289. The van der Waals surface area contributed by atoms with Gasteiger partial charge in [-0.15, -0.1) is 0 Å². The maximum atomic E-state index is 4.19. The fourth-order valence-electron chi connectivity index (χ4n) is 1.79. The molecule has 0 atom stereocenters. The van der Waals surface area contributed by atoms with Crippen LogP contribution in [0.25, 0.3) is 0 Å². The molecule has 0 amide bonds. The highest BCUT2D eigenvalue weighted by Crippen LogP contribution is 2.08. The second-order valence-corrected chi connectivity index (χ2v) is 5.10. The molecule has 1 N–H and O–H groups in total. The fraction of sp³-hybridized carbons (Fsp3) is 0.769. The highest BCUT2D eigenvalue weighted by atomic mass is 15.1. The van der Waals surface area contributed by atoms with E-state index in [1.54, 1.807) is 0 Å². The van der Waals surface area contributed by atoms with Crippen LogP contribution in [0.3, 0.4) is 0 Å². The largest absolute Gasteiger partial charge is 0.331 e. The third-order valence-electron chi connectivity index (χ3n) is 2.74. The summed E-state index contributed by atoms with van der Waals surface area (Å²) >= 11 is 0. The number of nitrogens with one attached hydrogen (secondary N) is 1. The molecule has 3 nitrogen and oxygen atoms in total. The average molecular weight is 223 g/mol. The van der Waals surface area contributed by atoms with Gasteiger partial charge in [0.15, 0.2) is 0 Å². The van der Waals surface area contributed by atoms with E-state index in [1.807, 2.05) is 12.5 Å². The molecule has 0 aliphatic rings. The number of aromatic nitrogens is 2. The summed E-state index contributed by atoms with van der Waals surface area (Å²) in [4.78, 5) is 4.19. The van der Waals surface area contributed by atoms with Crippen molar-refractivity contribution in [2.24, 2.45) is 5.92 Å². The molecule has 92 valence electrons. The third kappa shape index (κ3) is 4.35. The van der Waals surface area contributed by atoms with Gasteiger partial charge >= 0.3 is 0 Å². The molecule has 0 aliphatic heterocycles. The molecule has 0 aromatic carbocycles. The monoisotopic (exact) mass is 223 g/mol. The summed E-state index contributed by atoms with van der Waals surface area (Å²) in [6, 6.07) is 0.495. The number of rotatable bonds is 7. The van der Waals surface area contributed by atoms with Crippen LogP contribution in [0.1, 0.15) is 52.3 Å². The summed E-state index contributed by atoms with van der Waals surface area (Å²) in [5.41, 5.74) is 1.28. The quantitative estimate of drug-likeness (QED) is 0.720. The molecule has 0 spiro atoms. The number of hydrogen-bond donors (Lipinski definition) is 1. The summed E-state index contributed by atoms with van der Waals surface area (Å²) in [5, 5.41) is 3.48. The van der Waals surface area contributed by atoms with E-state index in [9.17, 15) is 0 Å². The molecule has 1 aromatic rings. The van der Waals surface area contributed by atoms with Gasteiger partial charge in [0.1, 0.15) is 0 Å². The average Bonchev–Trinajstić information content (AvgIpc) is 2.65. The first kappa shape index (κ1) is 13.2. The Balaban J connectivity index is 2.24. The van der Waals surface area contributed by atoms with Gasteiger partial charge < -0.3 is 9.88 Å². The lowest BCUT2D eigenvalue weighted by molar-refractivity contribution is 0.511. The molecule has 1 heterocycles. The van der Waals surface area contributed by atoms with Gasteiger partial charge in [-0.3, -0.25) is 0 Å². The lowest BCUT2D eigenvalue weighted by Gasteiger charge is -2.12. The molecular weight excluding hydrogens is 198 g/mol. The summed E-state index contributed by atoms with van der Waals surface area (Å²) < 4.78 is 2.22. The van der Waals surface area contributed by atoms with Gasteiger partial charge in [-0.05, 0) is 39.2 Å². The van der Waals surface area contributed by atoms with Crippen molar-refractivity contribution in [1.82, 2.24) is 14.9 Å². The SMILES string of the molecule is CC(C)CCCNCc1cncn1C(C)C. The summed E-state index contributed by atoms with van der Waals surface area (Å²) in [5.74, 6) is 0.808. The minimum Gasteiger partial charge on any atom is -0.331 e. The summed E-state index contributed by atoms with van der Waals surface area (Å²) in [7, 11) is 0. The minimum atomic E-state index is 0.495. The van der Waals surface area contributed by atoms with Gasteiger partial charge in [-0.25, -0.2) is 4.98 Å². The molecule has 0 radical (unpaired) electrons. The van der Waals surface area contributed by atoms with Crippen molar-refractivity contribution < 1.29 is 0 Å². The predicted molar refractivity (Wildman–Crippen MR) is 68.4 cm³/mol. The Hall–Kier alpha value is -0.830. The molecule has 1 aromatic heterocycles. The Morgan fingerprint density at radius 2 is 2.06 bits per heavy atom. The van der Waals surface area contributed by atoms with E-state index in [2.05, 4.69) is 42.6 Å². The normalized spacial score (nSPS) is 11.6. The molecule has 0 aliphatic carbocycles. The maximum Gasteiger partial charge on any atom is 0.0951 e. The first-order chi connectivity index (χ1) is 7.61. The van der Waals surface area contributed by atoms with Crippen LogP contribution in [0.5, 0.6) is 0 Å². The highest BCUT2D eigenvalue weighted by molar-refractivity contribution is 4.99. The van der Waals surface area contributed by atoms with Crippen LogP contribution in [-0.4, -0.2) is 16.1 Å².